The fraction of sp³-hybridized carbons (Fsp3) is 0.294. The topological polar surface area (TPSA) is 21.3 Å². The van der Waals surface area contributed by atoms with E-state index in [9.17, 15) is 0 Å². The van der Waals surface area contributed by atoms with Crippen LogP contribution in [0.1, 0.15) is 17.0 Å². The van der Waals surface area contributed by atoms with E-state index in [4.69, 9.17) is 4.74 Å². The van der Waals surface area contributed by atoms with Gasteiger partial charge in [-0.15, -0.1) is 0 Å². The van der Waals surface area contributed by atoms with Gasteiger partial charge in [0.2, 0.25) is 0 Å². The molecule has 1 aliphatic rings. The van der Waals surface area contributed by atoms with Crippen molar-refractivity contribution in [2.75, 3.05) is 19.7 Å². The second-order valence-electron chi connectivity index (χ2n) is 4.91. The highest BCUT2D eigenvalue weighted by atomic mass is 16.5. The third-order valence-corrected chi connectivity index (χ3v) is 3.65. The molecule has 3 rings (SSSR count). The molecule has 1 saturated heterocycles. The molecule has 0 bridgehead atoms. The standard InChI is InChI=1S/C17H19NO/c1-3-7-14(8-4-1)17(15-9-5-2-6-10-15)16-13-18-11-12-19-16/h1-10,16-18H,11-13H2. The SMILES string of the molecule is c1ccc(C(c2ccccc2)C2CNCCO2)cc1. The van der Waals surface area contributed by atoms with Crippen LogP contribution in [-0.2, 0) is 4.74 Å². The summed E-state index contributed by atoms with van der Waals surface area (Å²) in [6, 6.07) is 21.3. The molecule has 0 aliphatic carbocycles. The Morgan fingerprint density at radius 3 is 1.95 bits per heavy atom. The van der Waals surface area contributed by atoms with Crippen molar-refractivity contribution in [3.63, 3.8) is 0 Å². The van der Waals surface area contributed by atoms with E-state index >= 15 is 0 Å². The lowest BCUT2D eigenvalue weighted by atomic mass is 9.86. The third-order valence-electron chi connectivity index (χ3n) is 3.65. The number of nitrogens with one attached hydrogen (secondary N) is 1. The van der Waals surface area contributed by atoms with Crippen molar-refractivity contribution in [3.8, 4) is 0 Å². The molecule has 1 aliphatic heterocycles. The average Bonchev–Trinajstić information content (AvgIpc) is 2.51. The fourth-order valence-corrected chi connectivity index (χ4v) is 2.74. The van der Waals surface area contributed by atoms with Crippen LogP contribution in [0.4, 0.5) is 0 Å². The number of ether oxygens (including phenoxy) is 1. The summed E-state index contributed by atoms with van der Waals surface area (Å²) in [7, 11) is 0. The van der Waals surface area contributed by atoms with E-state index in [0.717, 1.165) is 19.7 Å². The Labute approximate surface area is 114 Å². The van der Waals surface area contributed by atoms with Gasteiger partial charge < -0.3 is 10.1 Å². The fourth-order valence-electron chi connectivity index (χ4n) is 2.74. The predicted octanol–water partition coefficient (Wildman–Crippen LogP) is 2.81. The predicted molar refractivity (Wildman–Crippen MR) is 77.3 cm³/mol. The van der Waals surface area contributed by atoms with Crippen molar-refractivity contribution >= 4 is 0 Å². The molecule has 1 unspecified atom stereocenters. The zero-order valence-corrected chi connectivity index (χ0v) is 11.0. The van der Waals surface area contributed by atoms with E-state index in [1.54, 1.807) is 0 Å². The molecule has 0 saturated carbocycles. The van der Waals surface area contributed by atoms with Crippen LogP contribution in [0, 0.1) is 0 Å². The molecule has 2 heteroatoms. The Morgan fingerprint density at radius 2 is 1.47 bits per heavy atom. The van der Waals surface area contributed by atoms with Gasteiger partial charge in [-0.3, -0.25) is 0 Å². The van der Waals surface area contributed by atoms with Gasteiger partial charge in [0.05, 0.1) is 12.7 Å². The van der Waals surface area contributed by atoms with Crippen LogP contribution in [0.2, 0.25) is 0 Å². The van der Waals surface area contributed by atoms with Crippen LogP contribution in [0.5, 0.6) is 0 Å². The summed E-state index contributed by atoms with van der Waals surface area (Å²) in [5.74, 6) is 0.301. The minimum absolute atomic E-state index is 0.207. The number of rotatable bonds is 3. The van der Waals surface area contributed by atoms with Crippen molar-refractivity contribution < 1.29 is 4.74 Å². The number of hydrogen-bond donors (Lipinski definition) is 1. The van der Waals surface area contributed by atoms with Gasteiger partial charge in [-0.05, 0) is 11.1 Å². The first kappa shape index (κ1) is 12.4. The molecule has 2 aromatic rings. The maximum Gasteiger partial charge on any atom is 0.0808 e. The normalized spacial score (nSPS) is 19.5. The largest absolute Gasteiger partial charge is 0.375 e. The van der Waals surface area contributed by atoms with Gasteiger partial charge in [-0.1, -0.05) is 60.7 Å². The second kappa shape index (κ2) is 6.00. The monoisotopic (exact) mass is 253 g/mol. The lowest BCUT2D eigenvalue weighted by Gasteiger charge is -2.31. The highest BCUT2D eigenvalue weighted by molar-refractivity contribution is 5.34. The summed E-state index contributed by atoms with van der Waals surface area (Å²) < 4.78 is 5.99. The number of benzene rings is 2. The maximum absolute atomic E-state index is 5.99. The van der Waals surface area contributed by atoms with E-state index < -0.39 is 0 Å². The first-order valence-corrected chi connectivity index (χ1v) is 6.87. The second-order valence-corrected chi connectivity index (χ2v) is 4.91. The molecule has 0 amide bonds. The number of morpholine rings is 1. The third kappa shape index (κ3) is 2.86. The molecular formula is C17H19NO. The molecular weight excluding hydrogens is 234 g/mol. The van der Waals surface area contributed by atoms with E-state index in [1.165, 1.54) is 11.1 Å². The molecule has 1 heterocycles. The van der Waals surface area contributed by atoms with Crippen LogP contribution >= 0.6 is 0 Å². The lowest BCUT2D eigenvalue weighted by molar-refractivity contribution is 0.0187. The highest BCUT2D eigenvalue weighted by Crippen LogP contribution is 2.30. The lowest BCUT2D eigenvalue weighted by Crippen LogP contribution is -2.42. The van der Waals surface area contributed by atoms with E-state index in [-0.39, 0.29) is 6.10 Å². The molecule has 1 fully saturated rings. The van der Waals surface area contributed by atoms with Crippen molar-refractivity contribution in [3.05, 3.63) is 71.8 Å². The zero-order valence-electron chi connectivity index (χ0n) is 11.0. The van der Waals surface area contributed by atoms with Crippen molar-refractivity contribution in [1.82, 2.24) is 5.32 Å². The molecule has 19 heavy (non-hydrogen) atoms. The quantitative estimate of drug-likeness (QED) is 0.908. The minimum atomic E-state index is 0.207. The Balaban J connectivity index is 1.96. The summed E-state index contributed by atoms with van der Waals surface area (Å²) >= 11 is 0. The van der Waals surface area contributed by atoms with Crippen molar-refractivity contribution in [2.45, 2.75) is 12.0 Å². The molecule has 0 aromatic heterocycles. The van der Waals surface area contributed by atoms with E-state index in [1.807, 2.05) is 0 Å². The van der Waals surface area contributed by atoms with Gasteiger partial charge >= 0.3 is 0 Å². The van der Waals surface area contributed by atoms with Crippen LogP contribution in [-0.4, -0.2) is 25.8 Å². The van der Waals surface area contributed by atoms with Gasteiger partial charge in [-0.2, -0.15) is 0 Å². The van der Waals surface area contributed by atoms with Crippen molar-refractivity contribution in [1.29, 1.82) is 0 Å². The summed E-state index contributed by atoms with van der Waals surface area (Å²) in [4.78, 5) is 0. The van der Waals surface area contributed by atoms with Crippen molar-refractivity contribution in [2.24, 2.45) is 0 Å². The number of hydrogen-bond acceptors (Lipinski definition) is 2. The summed E-state index contributed by atoms with van der Waals surface area (Å²) in [5, 5.41) is 3.43. The zero-order chi connectivity index (χ0) is 12.9. The minimum Gasteiger partial charge on any atom is -0.375 e. The van der Waals surface area contributed by atoms with Gasteiger partial charge in [-0.25, -0.2) is 0 Å². The average molecular weight is 253 g/mol. The van der Waals surface area contributed by atoms with E-state index in [2.05, 4.69) is 66.0 Å². The molecule has 1 atom stereocenters. The smallest absolute Gasteiger partial charge is 0.0808 e. The Kier molecular flexibility index (Phi) is 3.92. The summed E-state index contributed by atoms with van der Waals surface area (Å²) in [6.07, 6.45) is 0.207. The highest BCUT2D eigenvalue weighted by Gasteiger charge is 2.27. The van der Waals surface area contributed by atoms with Gasteiger partial charge in [0.15, 0.2) is 0 Å². The summed E-state index contributed by atoms with van der Waals surface area (Å²) in [6.45, 7) is 2.65. The first-order chi connectivity index (χ1) is 9.45. The Bertz CT molecular complexity index is 452. The molecule has 2 nitrogen and oxygen atoms in total. The van der Waals surface area contributed by atoms with Gasteiger partial charge in [0.25, 0.3) is 0 Å². The molecule has 98 valence electrons. The maximum atomic E-state index is 5.99. The van der Waals surface area contributed by atoms with Gasteiger partial charge in [0.1, 0.15) is 0 Å². The van der Waals surface area contributed by atoms with Gasteiger partial charge in [0, 0.05) is 19.0 Å². The molecule has 0 radical (unpaired) electrons. The van der Waals surface area contributed by atoms with Crippen LogP contribution in [0.25, 0.3) is 0 Å². The van der Waals surface area contributed by atoms with Crippen LogP contribution in [0.3, 0.4) is 0 Å². The molecule has 0 spiro atoms. The van der Waals surface area contributed by atoms with Crippen LogP contribution in [0.15, 0.2) is 60.7 Å². The summed E-state index contributed by atoms with van der Waals surface area (Å²) in [5.41, 5.74) is 2.64. The van der Waals surface area contributed by atoms with E-state index in [0.29, 0.717) is 5.92 Å². The molecule has 2 aromatic carbocycles. The Hall–Kier alpha value is -1.64. The first-order valence-electron chi connectivity index (χ1n) is 6.87. The van der Waals surface area contributed by atoms with Crippen LogP contribution < -0.4 is 5.32 Å². The molecule has 1 N–H and O–H groups in total. The Morgan fingerprint density at radius 1 is 0.895 bits per heavy atom.